The van der Waals surface area contributed by atoms with Gasteiger partial charge in [-0.15, -0.1) is 0 Å². The van der Waals surface area contributed by atoms with Crippen LogP contribution in [-0.4, -0.2) is 39.5 Å². The van der Waals surface area contributed by atoms with E-state index in [4.69, 9.17) is 0 Å². The molecule has 0 aliphatic heterocycles. The zero-order valence-electron chi connectivity index (χ0n) is 18.1. The summed E-state index contributed by atoms with van der Waals surface area (Å²) < 4.78 is 27.5. The summed E-state index contributed by atoms with van der Waals surface area (Å²) in [7, 11) is 0. The van der Waals surface area contributed by atoms with Crippen molar-refractivity contribution in [2.75, 3.05) is 6.54 Å². The minimum Gasteiger partial charge on any atom is -0.480 e. The smallest absolute Gasteiger partial charge is 0.320 e. The van der Waals surface area contributed by atoms with E-state index in [9.17, 15) is 23.9 Å². The van der Waals surface area contributed by atoms with Crippen LogP contribution in [0.2, 0.25) is 0 Å². The number of rotatable bonds is 9. The number of nitrogens with zero attached hydrogens (tertiary/aromatic N) is 2. The second kappa shape index (κ2) is 11.7. The number of hydrogen-bond donors (Lipinski definition) is 2. The van der Waals surface area contributed by atoms with Crippen LogP contribution in [0.4, 0.5) is 8.78 Å². The summed E-state index contributed by atoms with van der Waals surface area (Å²) in [5, 5.41) is 23.0. The van der Waals surface area contributed by atoms with E-state index in [0.717, 1.165) is 49.4 Å². The van der Waals surface area contributed by atoms with Crippen molar-refractivity contribution in [3.05, 3.63) is 71.3 Å². The molecule has 2 aromatic rings. The van der Waals surface area contributed by atoms with Crippen molar-refractivity contribution < 1.29 is 23.9 Å². The van der Waals surface area contributed by atoms with Gasteiger partial charge in [-0.2, -0.15) is 0 Å². The summed E-state index contributed by atoms with van der Waals surface area (Å²) in [6, 6.07) is 11.5. The largest absolute Gasteiger partial charge is 0.480 e. The van der Waals surface area contributed by atoms with E-state index in [0.29, 0.717) is 18.9 Å². The first-order chi connectivity index (χ1) is 15.5. The first kappa shape index (κ1) is 23.9. The van der Waals surface area contributed by atoms with Crippen molar-refractivity contribution in [2.24, 2.45) is 11.1 Å². The fraction of sp³-hybridized carbons (Fsp3) is 0.440. The van der Waals surface area contributed by atoms with E-state index in [1.54, 1.807) is 4.90 Å². The summed E-state index contributed by atoms with van der Waals surface area (Å²) >= 11 is 0. The fourth-order valence-corrected chi connectivity index (χ4v) is 4.51. The fourth-order valence-electron chi connectivity index (χ4n) is 4.51. The van der Waals surface area contributed by atoms with Crippen LogP contribution in [0.25, 0.3) is 0 Å². The van der Waals surface area contributed by atoms with Gasteiger partial charge in [0.2, 0.25) is 0 Å². The summed E-state index contributed by atoms with van der Waals surface area (Å²) in [6.45, 7) is 0.249. The third-order valence-electron chi connectivity index (χ3n) is 6.16. The predicted molar refractivity (Wildman–Crippen MR) is 119 cm³/mol. The Morgan fingerprint density at radius 2 is 1.66 bits per heavy atom. The van der Waals surface area contributed by atoms with Crippen LogP contribution in [0.5, 0.6) is 0 Å². The maximum absolute atomic E-state index is 13.8. The standard InChI is InChI=1S/C25H30F2N2O3/c26-21-13-20(14-22(27)15-21)23(28-32)17-29(16-19-10-6-3-7-11-19)24(25(30)31)12-18-8-4-1-2-5-9-18/h3,6-7,10-11,13-15,18,24,32H,1-2,4-5,8-9,12,16-17H2,(H,30,31)/b28-23+/t24-/m1/s1. The molecule has 0 bridgehead atoms. The van der Waals surface area contributed by atoms with Crippen LogP contribution in [0.1, 0.15) is 56.1 Å². The third-order valence-corrected chi connectivity index (χ3v) is 6.16. The van der Waals surface area contributed by atoms with E-state index in [-0.39, 0.29) is 17.8 Å². The molecule has 2 aromatic carbocycles. The minimum absolute atomic E-state index is 0.0199. The second-order valence-electron chi connectivity index (χ2n) is 8.54. The maximum Gasteiger partial charge on any atom is 0.320 e. The van der Waals surface area contributed by atoms with Crippen LogP contribution >= 0.6 is 0 Å². The van der Waals surface area contributed by atoms with Crippen LogP contribution < -0.4 is 0 Å². The molecule has 2 N–H and O–H groups in total. The zero-order valence-corrected chi connectivity index (χ0v) is 18.1. The molecule has 0 unspecified atom stereocenters. The quantitative estimate of drug-likeness (QED) is 0.233. The molecule has 0 spiro atoms. The Bertz CT molecular complexity index is 892. The zero-order chi connectivity index (χ0) is 22.9. The topological polar surface area (TPSA) is 73.1 Å². The van der Waals surface area contributed by atoms with Gasteiger partial charge in [-0.3, -0.25) is 9.69 Å². The van der Waals surface area contributed by atoms with Gasteiger partial charge in [0.25, 0.3) is 0 Å². The molecule has 0 aromatic heterocycles. The molecule has 0 amide bonds. The molecular formula is C25H30F2N2O3. The Labute approximate surface area is 187 Å². The summed E-state index contributed by atoms with van der Waals surface area (Å²) in [4.78, 5) is 14.1. The van der Waals surface area contributed by atoms with E-state index in [2.05, 4.69) is 5.16 Å². The Hall–Kier alpha value is -2.80. The Kier molecular flexibility index (Phi) is 8.73. The maximum atomic E-state index is 13.8. The van der Waals surface area contributed by atoms with Crippen LogP contribution in [-0.2, 0) is 11.3 Å². The van der Waals surface area contributed by atoms with Crippen molar-refractivity contribution in [1.29, 1.82) is 0 Å². The summed E-state index contributed by atoms with van der Waals surface area (Å²) in [5.41, 5.74) is 1.01. The van der Waals surface area contributed by atoms with Gasteiger partial charge in [0.1, 0.15) is 23.4 Å². The molecule has 0 saturated heterocycles. The number of aliphatic carboxylic acids is 1. The highest BCUT2D eigenvalue weighted by atomic mass is 19.1. The van der Waals surface area contributed by atoms with Crippen molar-refractivity contribution in [1.82, 2.24) is 4.90 Å². The lowest BCUT2D eigenvalue weighted by atomic mass is 9.91. The Balaban J connectivity index is 1.88. The monoisotopic (exact) mass is 444 g/mol. The number of carboxylic acids is 1. The Morgan fingerprint density at radius 3 is 2.22 bits per heavy atom. The third kappa shape index (κ3) is 6.85. The van der Waals surface area contributed by atoms with Gasteiger partial charge in [-0.05, 0) is 30.0 Å². The molecular weight excluding hydrogens is 414 g/mol. The summed E-state index contributed by atoms with van der Waals surface area (Å²) in [6.07, 6.45) is 7.03. The van der Waals surface area contributed by atoms with Crippen molar-refractivity contribution >= 4 is 11.7 Å². The van der Waals surface area contributed by atoms with Gasteiger partial charge in [0.15, 0.2) is 0 Å². The van der Waals surface area contributed by atoms with E-state index < -0.39 is 23.6 Å². The molecule has 5 nitrogen and oxygen atoms in total. The molecule has 172 valence electrons. The predicted octanol–water partition coefficient (Wildman–Crippen LogP) is 5.46. The SMILES string of the molecule is O=C(O)[C@@H](CC1CCCCCC1)N(C/C(=N\O)c1cc(F)cc(F)c1)Cc1ccccc1. The molecule has 3 rings (SSSR count). The Morgan fingerprint density at radius 1 is 1.03 bits per heavy atom. The molecule has 1 saturated carbocycles. The number of halogens is 2. The highest BCUT2D eigenvalue weighted by Crippen LogP contribution is 2.28. The lowest BCUT2D eigenvalue weighted by molar-refractivity contribution is -0.144. The average molecular weight is 445 g/mol. The van der Waals surface area contributed by atoms with E-state index in [1.165, 1.54) is 12.8 Å². The number of carboxylic acid groups (broad SMARTS) is 1. The molecule has 1 aliphatic carbocycles. The van der Waals surface area contributed by atoms with Gasteiger partial charge in [-0.1, -0.05) is 74.0 Å². The van der Waals surface area contributed by atoms with Crippen LogP contribution in [0.15, 0.2) is 53.7 Å². The van der Waals surface area contributed by atoms with Gasteiger partial charge in [0.05, 0.1) is 0 Å². The molecule has 1 atom stereocenters. The molecule has 7 heteroatoms. The van der Waals surface area contributed by atoms with Crippen molar-refractivity contribution in [3.63, 3.8) is 0 Å². The van der Waals surface area contributed by atoms with Crippen molar-refractivity contribution in [2.45, 2.75) is 57.5 Å². The number of carbonyl (C=O) groups is 1. The molecule has 1 fully saturated rings. The van der Waals surface area contributed by atoms with Gasteiger partial charge >= 0.3 is 5.97 Å². The van der Waals surface area contributed by atoms with Crippen LogP contribution in [0.3, 0.4) is 0 Å². The number of hydrogen-bond acceptors (Lipinski definition) is 4. The van der Waals surface area contributed by atoms with Gasteiger partial charge < -0.3 is 10.3 Å². The highest BCUT2D eigenvalue weighted by molar-refractivity contribution is 6.02. The highest BCUT2D eigenvalue weighted by Gasteiger charge is 2.30. The number of benzene rings is 2. The van der Waals surface area contributed by atoms with E-state index >= 15 is 0 Å². The van der Waals surface area contributed by atoms with Crippen molar-refractivity contribution in [3.8, 4) is 0 Å². The second-order valence-corrected chi connectivity index (χ2v) is 8.54. The normalized spacial score (nSPS) is 16.7. The minimum atomic E-state index is -0.951. The summed E-state index contributed by atoms with van der Waals surface area (Å²) in [5.74, 6) is -2.22. The number of oxime groups is 1. The molecule has 1 aliphatic rings. The lowest BCUT2D eigenvalue weighted by Gasteiger charge is -2.31. The van der Waals surface area contributed by atoms with Gasteiger partial charge in [0, 0.05) is 24.7 Å². The van der Waals surface area contributed by atoms with Crippen LogP contribution in [0, 0.1) is 17.6 Å². The lowest BCUT2D eigenvalue weighted by Crippen LogP contribution is -2.44. The average Bonchev–Trinajstić information content (AvgIpc) is 3.03. The first-order valence-electron chi connectivity index (χ1n) is 11.1. The first-order valence-corrected chi connectivity index (χ1v) is 11.1. The van der Waals surface area contributed by atoms with E-state index in [1.807, 2.05) is 30.3 Å². The molecule has 0 radical (unpaired) electrons. The van der Waals surface area contributed by atoms with Gasteiger partial charge in [-0.25, -0.2) is 8.78 Å². The molecule has 32 heavy (non-hydrogen) atoms. The molecule has 0 heterocycles.